The fraction of sp³-hybridized carbons (Fsp3) is 0.632. The molecule has 1 heterocycles. The lowest BCUT2D eigenvalue weighted by Crippen LogP contribution is -2.50. The lowest BCUT2D eigenvalue weighted by Gasteiger charge is -2.33. The Kier molecular flexibility index (Phi) is 8.55. The van der Waals surface area contributed by atoms with Crippen LogP contribution in [0.2, 0.25) is 0 Å². The number of hydrogen-bond donors (Lipinski definition) is 2. The van der Waals surface area contributed by atoms with Gasteiger partial charge in [0.05, 0.1) is 11.0 Å². The quantitative estimate of drug-likeness (QED) is 0.534. The lowest BCUT2D eigenvalue weighted by atomic mass is 10.1. The van der Waals surface area contributed by atoms with E-state index in [0.29, 0.717) is 12.6 Å². The zero-order valence-corrected chi connectivity index (χ0v) is 17.2. The van der Waals surface area contributed by atoms with Gasteiger partial charge in [0, 0.05) is 26.2 Å². The van der Waals surface area contributed by atoms with Crippen LogP contribution < -0.4 is 15.4 Å². The van der Waals surface area contributed by atoms with Gasteiger partial charge < -0.3 is 20.3 Å². The second-order valence-electron chi connectivity index (χ2n) is 6.57. The maximum Gasteiger partial charge on any atom is 0.191 e. The summed E-state index contributed by atoms with van der Waals surface area (Å²) < 4.78 is 6.95. The van der Waals surface area contributed by atoms with E-state index in [-0.39, 0.29) is 6.10 Å². The molecule has 0 aliphatic carbocycles. The minimum absolute atomic E-state index is 0.0450. The number of rotatable bonds is 7. The number of likely N-dealkylation sites (tertiary alicyclic amines) is 1. The van der Waals surface area contributed by atoms with Crippen molar-refractivity contribution in [1.29, 1.82) is 0 Å². The number of para-hydroxylation sites is 1. The van der Waals surface area contributed by atoms with Gasteiger partial charge in [0.1, 0.15) is 11.9 Å². The largest absolute Gasteiger partial charge is 0.488 e. The standard InChI is InChI=1S/C19H31BrN4O/c1-4-11-24-12-9-16(10-13-24)23-19(21-3)22-14-15(2)25-18-8-6-5-7-17(18)20/h5-8,15-16H,4,9-14H2,1-3H3,(H2,21,22,23). The van der Waals surface area contributed by atoms with Gasteiger partial charge in [0.25, 0.3) is 0 Å². The van der Waals surface area contributed by atoms with Crippen LogP contribution >= 0.6 is 15.9 Å². The third-order valence-corrected chi connectivity index (χ3v) is 5.07. The predicted molar refractivity (Wildman–Crippen MR) is 108 cm³/mol. The van der Waals surface area contributed by atoms with Crippen LogP contribution in [0.1, 0.15) is 33.1 Å². The van der Waals surface area contributed by atoms with E-state index in [2.05, 4.69) is 50.3 Å². The average molecular weight is 411 g/mol. The van der Waals surface area contributed by atoms with Crippen LogP contribution in [0.5, 0.6) is 5.75 Å². The number of hydrogen-bond acceptors (Lipinski definition) is 3. The Morgan fingerprint density at radius 1 is 1.36 bits per heavy atom. The summed E-state index contributed by atoms with van der Waals surface area (Å²) in [5.74, 6) is 1.72. The summed E-state index contributed by atoms with van der Waals surface area (Å²) in [7, 11) is 1.82. The highest BCUT2D eigenvalue weighted by molar-refractivity contribution is 9.10. The molecule has 1 unspecified atom stereocenters. The van der Waals surface area contributed by atoms with Crippen LogP contribution in [0.25, 0.3) is 0 Å². The highest BCUT2D eigenvalue weighted by Gasteiger charge is 2.19. The molecule has 0 spiro atoms. The van der Waals surface area contributed by atoms with Crippen LogP contribution in [0.4, 0.5) is 0 Å². The van der Waals surface area contributed by atoms with Crippen molar-refractivity contribution in [2.45, 2.75) is 45.3 Å². The number of nitrogens with one attached hydrogen (secondary N) is 2. The number of aliphatic imine (C=N–C) groups is 1. The molecule has 2 N–H and O–H groups in total. The molecule has 0 radical (unpaired) electrons. The summed E-state index contributed by atoms with van der Waals surface area (Å²) in [6.45, 7) is 8.56. The Labute approximate surface area is 160 Å². The highest BCUT2D eigenvalue weighted by atomic mass is 79.9. The normalized spacial score (nSPS) is 18.0. The molecule has 0 saturated carbocycles. The van der Waals surface area contributed by atoms with E-state index in [1.807, 2.05) is 31.3 Å². The third kappa shape index (κ3) is 6.86. The van der Waals surface area contributed by atoms with Gasteiger partial charge in [0.15, 0.2) is 5.96 Å². The SMILES string of the molecule is CCCN1CCC(NC(=NC)NCC(C)Oc2ccccc2Br)CC1. The molecule has 1 fully saturated rings. The van der Waals surface area contributed by atoms with E-state index in [0.717, 1.165) is 16.2 Å². The van der Waals surface area contributed by atoms with Gasteiger partial charge in [-0.25, -0.2) is 0 Å². The zero-order valence-electron chi connectivity index (χ0n) is 15.6. The first-order valence-corrected chi connectivity index (χ1v) is 10.0. The molecule has 1 aromatic carbocycles. The molecule has 5 nitrogen and oxygen atoms in total. The van der Waals surface area contributed by atoms with Crippen molar-refractivity contribution in [3.8, 4) is 5.75 Å². The van der Waals surface area contributed by atoms with E-state index in [1.54, 1.807) is 0 Å². The van der Waals surface area contributed by atoms with Crippen molar-refractivity contribution in [2.24, 2.45) is 4.99 Å². The smallest absolute Gasteiger partial charge is 0.191 e. The van der Waals surface area contributed by atoms with Crippen molar-refractivity contribution in [3.05, 3.63) is 28.7 Å². The molecular formula is C19H31BrN4O. The van der Waals surface area contributed by atoms with Crippen molar-refractivity contribution >= 4 is 21.9 Å². The molecule has 2 rings (SSSR count). The summed E-state index contributed by atoms with van der Waals surface area (Å²) in [5, 5.41) is 6.92. The van der Waals surface area contributed by atoms with Crippen molar-refractivity contribution in [2.75, 3.05) is 33.2 Å². The zero-order chi connectivity index (χ0) is 18.1. The molecular weight excluding hydrogens is 380 g/mol. The van der Waals surface area contributed by atoms with Crippen LogP contribution in [0.15, 0.2) is 33.7 Å². The second-order valence-corrected chi connectivity index (χ2v) is 7.43. The monoisotopic (exact) mass is 410 g/mol. The fourth-order valence-corrected chi connectivity index (χ4v) is 3.42. The van der Waals surface area contributed by atoms with E-state index >= 15 is 0 Å². The average Bonchev–Trinajstić information content (AvgIpc) is 2.62. The van der Waals surface area contributed by atoms with Gasteiger partial charge in [-0.05, 0) is 60.8 Å². The molecule has 1 saturated heterocycles. The molecule has 1 aromatic rings. The first-order valence-electron chi connectivity index (χ1n) is 9.23. The molecule has 0 bridgehead atoms. The summed E-state index contributed by atoms with van der Waals surface area (Å²) >= 11 is 3.51. The van der Waals surface area contributed by atoms with Crippen molar-refractivity contribution in [1.82, 2.24) is 15.5 Å². The highest BCUT2D eigenvalue weighted by Crippen LogP contribution is 2.24. The Bertz CT molecular complexity index is 544. The van der Waals surface area contributed by atoms with Crippen molar-refractivity contribution < 1.29 is 4.74 Å². The maximum atomic E-state index is 5.97. The molecule has 1 aliphatic heterocycles. The number of nitrogens with zero attached hydrogens (tertiary/aromatic N) is 2. The predicted octanol–water partition coefficient (Wildman–Crippen LogP) is 3.26. The Hall–Kier alpha value is -1.27. The molecule has 6 heteroatoms. The van der Waals surface area contributed by atoms with Crippen LogP contribution in [-0.2, 0) is 0 Å². The Morgan fingerprint density at radius 3 is 2.72 bits per heavy atom. The Morgan fingerprint density at radius 2 is 2.08 bits per heavy atom. The third-order valence-electron chi connectivity index (χ3n) is 4.41. The number of piperidine rings is 1. The lowest BCUT2D eigenvalue weighted by molar-refractivity contribution is 0.205. The second kappa shape index (κ2) is 10.7. The van der Waals surface area contributed by atoms with Crippen molar-refractivity contribution in [3.63, 3.8) is 0 Å². The first kappa shape index (κ1) is 20.0. The van der Waals surface area contributed by atoms with Gasteiger partial charge in [-0.2, -0.15) is 0 Å². The Balaban J connectivity index is 1.72. The van der Waals surface area contributed by atoms with Gasteiger partial charge in [-0.1, -0.05) is 19.1 Å². The van der Waals surface area contributed by atoms with E-state index < -0.39 is 0 Å². The summed E-state index contributed by atoms with van der Waals surface area (Å²) in [6.07, 6.45) is 3.62. The minimum Gasteiger partial charge on any atom is -0.488 e. The van der Waals surface area contributed by atoms with E-state index in [9.17, 15) is 0 Å². The molecule has 1 atom stereocenters. The van der Waals surface area contributed by atoms with Gasteiger partial charge in [-0.3, -0.25) is 4.99 Å². The molecule has 0 aromatic heterocycles. The van der Waals surface area contributed by atoms with E-state index in [4.69, 9.17) is 4.74 Å². The van der Waals surface area contributed by atoms with Crippen LogP contribution in [0, 0.1) is 0 Å². The number of guanidine groups is 1. The molecule has 140 valence electrons. The van der Waals surface area contributed by atoms with Gasteiger partial charge in [-0.15, -0.1) is 0 Å². The summed E-state index contributed by atoms with van der Waals surface area (Å²) in [4.78, 5) is 6.89. The first-order chi connectivity index (χ1) is 12.1. The molecule has 1 aliphatic rings. The molecule has 0 amide bonds. The fourth-order valence-electron chi connectivity index (χ4n) is 3.04. The van der Waals surface area contributed by atoms with Crippen LogP contribution in [0.3, 0.4) is 0 Å². The number of benzene rings is 1. The maximum absolute atomic E-state index is 5.97. The van der Waals surface area contributed by atoms with Crippen LogP contribution in [-0.4, -0.2) is 56.2 Å². The summed E-state index contributed by atoms with van der Waals surface area (Å²) in [5.41, 5.74) is 0. The minimum atomic E-state index is 0.0450. The number of halogens is 1. The number of ether oxygens (including phenoxy) is 1. The van der Waals surface area contributed by atoms with Gasteiger partial charge >= 0.3 is 0 Å². The molecule has 25 heavy (non-hydrogen) atoms. The van der Waals surface area contributed by atoms with Gasteiger partial charge in [0.2, 0.25) is 0 Å². The topological polar surface area (TPSA) is 48.9 Å². The summed E-state index contributed by atoms with van der Waals surface area (Å²) in [6, 6.07) is 8.42. The van der Waals surface area contributed by atoms with E-state index in [1.165, 1.54) is 38.9 Å².